The number of nitrogens with zero attached hydrogens (tertiary/aromatic N) is 3. The molecule has 2 heterocycles. The second-order valence-corrected chi connectivity index (χ2v) is 7.89. The molecule has 3 aromatic rings. The van der Waals surface area contributed by atoms with Crippen LogP contribution in [0.15, 0.2) is 60.7 Å². The van der Waals surface area contributed by atoms with Crippen molar-refractivity contribution < 1.29 is 4.79 Å². The highest BCUT2D eigenvalue weighted by Crippen LogP contribution is 2.28. The Labute approximate surface area is 172 Å². The molecule has 152 valence electrons. The number of amides is 1. The van der Waals surface area contributed by atoms with Gasteiger partial charge in [-0.15, -0.1) is 0 Å². The lowest BCUT2D eigenvalue weighted by Crippen LogP contribution is -2.45. The van der Waals surface area contributed by atoms with Crippen LogP contribution in [-0.2, 0) is 11.3 Å². The van der Waals surface area contributed by atoms with Gasteiger partial charge in [0.2, 0.25) is 5.91 Å². The van der Waals surface area contributed by atoms with Gasteiger partial charge in [0, 0.05) is 49.3 Å². The quantitative estimate of drug-likeness (QED) is 0.631. The molecule has 0 atom stereocenters. The fraction of sp³-hybridized carbons (Fsp3) is 0.375. The molecule has 0 bridgehead atoms. The van der Waals surface area contributed by atoms with Crippen molar-refractivity contribution in [2.24, 2.45) is 0 Å². The molecule has 0 radical (unpaired) electrons. The minimum atomic E-state index is 0.0712. The van der Waals surface area contributed by atoms with Crippen molar-refractivity contribution in [2.75, 3.05) is 46.3 Å². The van der Waals surface area contributed by atoms with Crippen molar-refractivity contribution in [3.63, 3.8) is 0 Å². The summed E-state index contributed by atoms with van der Waals surface area (Å²) in [6.07, 6.45) is 0.993. The van der Waals surface area contributed by atoms with E-state index in [9.17, 15) is 4.79 Å². The van der Waals surface area contributed by atoms with E-state index in [0.29, 0.717) is 6.54 Å². The number of nitrogens with one attached hydrogen (secondary N) is 1. The maximum Gasteiger partial charge on any atom is 0.239 e. The van der Waals surface area contributed by atoms with Crippen molar-refractivity contribution in [1.29, 1.82) is 0 Å². The molecule has 0 spiro atoms. The van der Waals surface area contributed by atoms with E-state index in [1.807, 2.05) is 30.3 Å². The summed E-state index contributed by atoms with van der Waals surface area (Å²) < 4.78 is 2.13. The summed E-state index contributed by atoms with van der Waals surface area (Å²) in [6, 6.07) is 20.7. The number of benzene rings is 2. The van der Waals surface area contributed by atoms with Gasteiger partial charge in [0.1, 0.15) is 6.54 Å². The highest BCUT2D eigenvalue weighted by atomic mass is 16.1. The Morgan fingerprint density at radius 1 is 0.966 bits per heavy atom. The third-order valence-corrected chi connectivity index (χ3v) is 5.75. The van der Waals surface area contributed by atoms with Crippen LogP contribution in [0, 0.1) is 0 Å². The van der Waals surface area contributed by atoms with E-state index in [2.05, 4.69) is 57.1 Å². The average Bonchev–Trinajstić information content (AvgIpc) is 3.11. The first-order chi connectivity index (χ1) is 14.2. The van der Waals surface area contributed by atoms with E-state index < -0.39 is 0 Å². The normalized spacial score (nSPS) is 15.6. The van der Waals surface area contributed by atoms with E-state index in [1.165, 1.54) is 0 Å². The molecule has 0 aliphatic carbocycles. The number of likely N-dealkylation sites (N-methyl/N-ethyl adjacent to an activating group) is 1. The zero-order valence-corrected chi connectivity index (χ0v) is 17.2. The molecule has 5 heteroatoms. The van der Waals surface area contributed by atoms with Gasteiger partial charge in [0.25, 0.3) is 0 Å². The van der Waals surface area contributed by atoms with Crippen molar-refractivity contribution >= 4 is 16.8 Å². The van der Waals surface area contributed by atoms with Crippen molar-refractivity contribution in [1.82, 2.24) is 19.7 Å². The van der Waals surface area contributed by atoms with Gasteiger partial charge in [0.15, 0.2) is 0 Å². The zero-order chi connectivity index (χ0) is 20.1. The predicted octanol–water partition coefficient (Wildman–Crippen LogP) is 3.06. The molecular formula is C24H30N4O. The average molecular weight is 391 g/mol. The number of carbonyl (C=O) groups is 1. The number of rotatable bonds is 7. The largest absolute Gasteiger partial charge is 0.355 e. The molecule has 1 saturated heterocycles. The number of para-hydroxylation sites is 1. The third-order valence-electron chi connectivity index (χ3n) is 5.75. The smallest absolute Gasteiger partial charge is 0.239 e. The monoisotopic (exact) mass is 390 g/mol. The van der Waals surface area contributed by atoms with Crippen LogP contribution < -0.4 is 5.32 Å². The lowest BCUT2D eigenvalue weighted by molar-refractivity contribution is -0.121. The number of hydrogen-bond donors (Lipinski definition) is 1. The van der Waals surface area contributed by atoms with Crippen LogP contribution in [-0.4, -0.2) is 66.6 Å². The Hall–Kier alpha value is -2.63. The Kier molecular flexibility index (Phi) is 6.27. The Morgan fingerprint density at radius 2 is 1.69 bits per heavy atom. The van der Waals surface area contributed by atoms with Gasteiger partial charge in [-0.2, -0.15) is 0 Å². The van der Waals surface area contributed by atoms with Crippen LogP contribution in [0.5, 0.6) is 0 Å². The lowest BCUT2D eigenvalue weighted by Gasteiger charge is -2.32. The Balaban J connectivity index is 1.38. The van der Waals surface area contributed by atoms with Crippen molar-refractivity contribution in [2.45, 2.75) is 13.0 Å². The molecule has 29 heavy (non-hydrogen) atoms. The zero-order valence-electron chi connectivity index (χ0n) is 17.2. The molecule has 1 fully saturated rings. The highest BCUT2D eigenvalue weighted by molar-refractivity contribution is 5.89. The molecular weight excluding hydrogens is 360 g/mol. The van der Waals surface area contributed by atoms with Crippen molar-refractivity contribution in [3.8, 4) is 11.3 Å². The summed E-state index contributed by atoms with van der Waals surface area (Å²) in [5, 5.41) is 4.28. The van der Waals surface area contributed by atoms with E-state index in [4.69, 9.17) is 0 Å². The second kappa shape index (κ2) is 9.25. The molecule has 1 aliphatic rings. The fourth-order valence-electron chi connectivity index (χ4n) is 4.03. The maximum atomic E-state index is 12.7. The molecule has 2 aromatic carbocycles. The summed E-state index contributed by atoms with van der Waals surface area (Å²) >= 11 is 0. The molecule has 5 nitrogen and oxygen atoms in total. The first-order valence-corrected chi connectivity index (χ1v) is 10.5. The van der Waals surface area contributed by atoms with E-state index in [-0.39, 0.29) is 5.91 Å². The number of fused-ring (bicyclic) bond motifs is 1. The van der Waals surface area contributed by atoms with E-state index in [1.54, 1.807) is 0 Å². The van der Waals surface area contributed by atoms with E-state index >= 15 is 0 Å². The number of carbonyl (C=O) groups excluding carboxylic acids is 1. The van der Waals surface area contributed by atoms with Crippen LogP contribution >= 0.6 is 0 Å². The third kappa shape index (κ3) is 4.86. The molecule has 1 N–H and O–H groups in total. The SMILES string of the molecule is CN1CCN(CCCNC(=O)Cn2c(-c3ccccc3)cc3ccccc32)CC1. The summed E-state index contributed by atoms with van der Waals surface area (Å²) in [5.41, 5.74) is 3.31. The molecule has 0 saturated carbocycles. The van der Waals surface area contributed by atoms with Crippen LogP contribution in [0.4, 0.5) is 0 Å². The van der Waals surface area contributed by atoms with Gasteiger partial charge < -0.3 is 19.7 Å². The molecule has 1 amide bonds. The minimum Gasteiger partial charge on any atom is -0.355 e. The summed E-state index contributed by atoms with van der Waals surface area (Å²) in [5.74, 6) is 0.0712. The standard InChI is InChI=1S/C24H30N4O/c1-26-14-16-27(17-15-26)13-7-12-25-24(29)19-28-22-11-6-5-10-21(22)18-23(28)20-8-3-2-4-9-20/h2-6,8-11,18H,7,12-17,19H2,1H3,(H,25,29). The molecule has 1 aromatic heterocycles. The van der Waals surface area contributed by atoms with Crippen LogP contribution in [0.3, 0.4) is 0 Å². The highest BCUT2D eigenvalue weighted by Gasteiger charge is 2.15. The van der Waals surface area contributed by atoms with Crippen LogP contribution in [0.25, 0.3) is 22.2 Å². The summed E-state index contributed by atoms with van der Waals surface area (Å²) in [7, 11) is 2.17. The van der Waals surface area contributed by atoms with Crippen LogP contribution in [0.1, 0.15) is 6.42 Å². The maximum absolute atomic E-state index is 12.7. The van der Waals surface area contributed by atoms with Gasteiger partial charge in [-0.1, -0.05) is 48.5 Å². The molecule has 0 unspecified atom stereocenters. The minimum absolute atomic E-state index is 0.0712. The second-order valence-electron chi connectivity index (χ2n) is 7.89. The van der Waals surface area contributed by atoms with Crippen LogP contribution in [0.2, 0.25) is 0 Å². The molecule has 1 aliphatic heterocycles. The van der Waals surface area contributed by atoms with Gasteiger partial charge >= 0.3 is 0 Å². The van der Waals surface area contributed by atoms with Gasteiger partial charge in [0.05, 0.1) is 0 Å². The first-order valence-electron chi connectivity index (χ1n) is 10.5. The topological polar surface area (TPSA) is 40.5 Å². The number of piperazine rings is 1. The number of hydrogen-bond acceptors (Lipinski definition) is 3. The Morgan fingerprint density at radius 3 is 2.48 bits per heavy atom. The van der Waals surface area contributed by atoms with Gasteiger partial charge in [-0.25, -0.2) is 0 Å². The Bertz CT molecular complexity index is 942. The predicted molar refractivity (Wildman–Crippen MR) is 119 cm³/mol. The fourth-order valence-corrected chi connectivity index (χ4v) is 4.03. The summed E-state index contributed by atoms with van der Waals surface area (Å²) in [6.45, 7) is 6.64. The lowest BCUT2D eigenvalue weighted by atomic mass is 10.1. The molecule has 4 rings (SSSR count). The summed E-state index contributed by atoms with van der Waals surface area (Å²) in [4.78, 5) is 17.5. The van der Waals surface area contributed by atoms with E-state index in [0.717, 1.165) is 67.8 Å². The van der Waals surface area contributed by atoms with Gasteiger partial charge in [-0.05, 0) is 37.7 Å². The van der Waals surface area contributed by atoms with Gasteiger partial charge in [-0.3, -0.25) is 4.79 Å². The number of aromatic nitrogens is 1. The van der Waals surface area contributed by atoms with Crippen molar-refractivity contribution in [3.05, 3.63) is 60.7 Å². The first kappa shape index (κ1) is 19.7.